The van der Waals surface area contributed by atoms with Crippen molar-refractivity contribution >= 4 is 23.0 Å². The summed E-state index contributed by atoms with van der Waals surface area (Å²) in [6, 6.07) is 0. The Balaban J connectivity index is 1.96. The van der Waals surface area contributed by atoms with Gasteiger partial charge in [0.05, 0.1) is 16.9 Å². The van der Waals surface area contributed by atoms with Gasteiger partial charge in [0.1, 0.15) is 5.41 Å². The van der Waals surface area contributed by atoms with Gasteiger partial charge in [-0.05, 0) is 0 Å². The number of hydrogen-bond donors (Lipinski definition) is 1. The summed E-state index contributed by atoms with van der Waals surface area (Å²) >= 11 is 1.56. The minimum absolute atomic E-state index is 0.0905. The molecular weight excluding hydrogens is 236 g/mol. The van der Waals surface area contributed by atoms with Gasteiger partial charge in [0.15, 0.2) is 0 Å². The molecule has 90 valence electrons. The molecular formula is C11H14N4OS. The van der Waals surface area contributed by atoms with E-state index in [1.807, 2.05) is 10.9 Å². The number of nitrogens with zero attached hydrogens (tertiary/aromatic N) is 3. The van der Waals surface area contributed by atoms with Crippen LogP contribution in [0.4, 0.5) is 0 Å². The molecule has 1 saturated heterocycles. The van der Waals surface area contributed by atoms with E-state index in [4.69, 9.17) is 0 Å². The number of piperidine rings is 1. The monoisotopic (exact) mass is 250 g/mol. The molecule has 0 unspecified atom stereocenters. The van der Waals surface area contributed by atoms with E-state index in [0.29, 0.717) is 13.0 Å². The van der Waals surface area contributed by atoms with Crippen molar-refractivity contribution in [1.29, 1.82) is 0 Å². The Labute approximate surface area is 104 Å². The van der Waals surface area contributed by atoms with Crippen molar-refractivity contribution in [2.45, 2.75) is 12.8 Å². The van der Waals surface area contributed by atoms with Gasteiger partial charge in [-0.2, -0.15) is 5.10 Å². The highest BCUT2D eigenvalue weighted by Gasteiger charge is 2.51. The Morgan fingerprint density at radius 3 is 3.29 bits per heavy atom. The minimum atomic E-state index is -0.485. The fourth-order valence-electron chi connectivity index (χ4n) is 2.61. The van der Waals surface area contributed by atoms with Gasteiger partial charge in [0.25, 0.3) is 5.91 Å². The van der Waals surface area contributed by atoms with Crippen LogP contribution < -0.4 is 5.32 Å². The SMILES string of the molecule is CN1N=C2CCNC[C@]2(Cc2cscn2)C1=O. The quantitative estimate of drug-likeness (QED) is 0.831. The first-order valence-electron chi connectivity index (χ1n) is 5.66. The molecule has 2 aliphatic rings. The van der Waals surface area contributed by atoms with Crippen LogP contribution >= 0.6 is 11.3 Å². The van der Waals surface area contributed by atoms with Gasteiger partial charge in [-0.1, -0.05) is 0 Å². The standard InChI is InChI=1S/C11H14N4OS/c1-15-10(16)11(4-8-5-17-7-13-8)6-12-3-2-9(11)14-15/h5,7,12H,2-4,6H2,1H3/t11-/m0/s1. The number of hydrogen-bond acceptors (Lipinski definition) is 5. The van der Waals surface area contributed by atoms with E-state index < -0.39 is 5.41 Å². The van der Waals surface area contributed by atoms with Crippen molar-refractivity contribution in [2.75, 3.05) is 20.1 Å². The summed E-state index contributed by atoms with van der Waals surface area (Å²) in [6.45, 7) is 1.57. The molecule has 0 radical (unpaired) electrons. The van der Waals surface area contributed by atoms with E-state index in [-0.39, 0.29) is 5.91 Å². The smallest absolute Gasteiger partial charge is 0.256 e. The van der Waals surface area contributed by atoms with Gasteiger partial charge in [0.2, 0.25) is 0 Å². The van der Waals surface area contributed by atoms with Gasteiger partial charge in [-0.25, -0.2) is 9.99 Å². The molecule has 1 fully saturated rings. The summed E-state index contributed by atoms with van der Waals surface area (Å²) in [6.07, 6.45) is 1.51. The molecule has 0 saturated carbocycles. The van der Waals surface area contributed by atoms with Gasteiger partial charge in [-0.3, -0.25) is 4.79 Å². The van der Waals surface area contributed by atoms with E-state index >= 15 is 0 Å². The fourth-order valence-corrected chi connectivity index (χ4v) is 3.16. The van der Waals surface area contributed by atoms with Crippen molar-refractivity contribution in [3.05, 3.63) is 16.6 Å². The first kappa shape index (κ1) is 10.9. The van der Waals surface area contributed by atoms with Crippen LogP contribution in [0.5, 0.6) is 0 Å². The summed E-state index contributed by atoms with van der Waals surface area (Å²) in [5, 5.41) is 11.2. The summed E-state index contributed by atoms with van der Waals surface area (Å²) in [5.74, 6) is 0.0905. The highest BCUT2D eigenvalue weighted by molar-refractivity contribution is 7.07. The molecule has 5 nitrogen and oxygen atoms in total. The number of aromatic nitrogens is 1. The third-order valence-electron chi connectivity index (χ3n) is 3.46. The molecule has 2 aliphatic heterocycles. The van der Waals surface area contributed by atoms with Crippen LogP contribution in [0.3, 0.4) is 0 Å². The van der Waals surface area contributed by atoms with Gasteiger partial charge in [-0.15, -0.1) is 11.3 Å². The number of rotatable bonds is 2. The second-order valence-electron chi connectivity index (χ2n) is 4.54. The molecule has 1 N–H and O–H groups in total. The van der Waals surface area contributed by atoms with Crippen molar-refractivity contribution in [3.63, 3.8) is 0 Å². The summed E-state index contributed by atoms with van der Waals surface area (Å²) in [4.78, 5) is 16.6. The maximum absolute atomic E-state index is 12.3. The lowest BCUT2D eigenvalue weighted by atomic mass is 9.75. The minimum Gasteiger partial charge on any atom is -0.315 e. The summed E-state index contributed by atoms with van der Waals surface area (Å²) < 4.78 is 0. The molecule has 6 heteroatoms. The zero-order valence-electron chi connectivity index (χ0n) is 9.64. The number of nitrogens with one attached hydrogen (secondary N) is 1. The lowest BCUT2D eigenvalue weighted by Crippen LogP contribution is -2.52. The van der Waals surface area contributed by atoms with Crippen LogP contribution in [0.15, 0.2) is 16.0 Å². The number of amides is 1. The Bertz CT molecular complexity index is 470. The third-order valence-corrected chi connectivity index (χ3v) is 4.09. The van der Waals surface area contributed by atoms with Crippen molar-refractivity contribution < 1.29 is 4.79 Å². The van der Waals surface area contributed by atoms with Crippen molar-refractivity contribution in [3.8, 4) is 0 Å². The summed E-state index contributed by atoms with van der Waals surface area (Å²) in [5.41, 5.74) is 3.32. The van der Waals surface area contributed by atoms with E-state index in [0.717, 1.165) is 24.4 Å². The van der Waals surface area contributed by atoms with Crippen LogP contribution in [-0.4, -0.2) is 41.7 Å². The highest BCUT2D eigenvalue weighted by atomic mass is 32.1. The van der Waals surface area contributed by atoms with E-state index in [2.05, 4.69) is 15.4 Å². The molecule has 0 bridgehead atoms. The number of fused-ring (bicyclic) bond motifs is 1. The molecule has 17 heavy (non-hydrogen) atoms. The average molecular weight is 250 g/mol. The van der Waals surface area contributed by atoms with Gasteiger partial charge >= 0.3 is 0 Å². The maximum Gasteiger partial charge on any atom is 0.256 e. The topological polar surface area (TPSA) is 57.6 Å². The molecule has 0 spiro atoms. The second kappa shape index (κ2) is 3.89. The zero-order valence-corrected chi connectivity index (χ0v) is 10.5. The number of hydrazone groups is 1. The number of carbonyl (C=O) groups is 1. The maximum atomic E-state index is 12.3. The van der Waals surface area contributed by atoms with Crippen LogP contribution in [0, 0.1) is 5.41 Å². The lowest BCUT2D eigenvalue weighted by Gasteiger charge is -2.32. The van der Waals surface area contributed by atoms with E-state index in [9.17, 15) is 4.79 Å². The first-order valence-corrected chi connectivity index (χ1v) is 6.60. The Morgan fingerprint density at radius 2 is 2.53 bits per heavy atom. The molecule has 3 heterocycles. The molecule has 1 amide bonds. The molecule has 3 rings (SSSR count). The normalized spacial score (nSPS) is 28.2. The van der Waals surface area contributed by atoms with Gasteiger partial charge in [0, 0.05) is 38.4 Å². The zero-order chi connectivity index (χ0) is 11.9. The fraction of sp³-hybridized carbons (Fsp3) is 0.545. The summed E-state index contributed by atoms with van der Waals surface area (Å²) in [7, 11) is 1.73. The predicted octanol–water partition coefficient (Wildman–Crippen LogP) is 0.493. The number of carbonyl (C=O) groups excluding carboxylic acids is 1. The molecule has 1 atom stereocenters. The van der Waals surface area contributed by atoms with Crippen LogP contribution in [-0.2, 0) is 11.2 Å². The molecule has 1 aromatic heterocycles. The van der Waals surface area contributed by atoms with Crippen LogP contribution in [0.2, 0.25) is 0 Å². The largest absolute Gasteiger partial charge is 0.315 e. The first-order chi connectivity index (χ1) is 8.22. The Morgan fingerprint density at radius 1 is 1.65 bits per heavy atom. The van der Waals surface area contributed by atoms with Crippen molar-refractivity contribution in [2.24, 2.45) is 10.5 Å². The Kier molecular flexibility index (Phi) is 2.48. The molecule has 0 aliphatic carbocycles. The van der Waals surface area contributed by atoms with Crippen molar-refractivity contribution in [1.82, 2.24) is 15.3 Å². The number of thiazole rings is 1. The van der Waals surface area contributed by atoms with Gasteiger partial charge < -0.3 is 5.32 Å². The van der Waals surface area contributed by atoms with E-state index in [1.54, 1.807) is 18.4 Å². The molecule has 1 aromatic rings. The van der Waals surface area contributed by atoms with Crippen LogP contribution in [0.25, 0.3) is 0 Å². The molecule has 0 aromatic carbocycles. The second-order valence-corrected chi connectivity index (χ2v) is 5.26. The highest BCUT2D eigenvalue weighted by Crippen LogP contribution is 2.35. The Hall–Kier alpha value is -1.27. The lowest BCUT2D eigenvalue weighted by molar-refractivity contribution is -0.135. The third kappa shape index (κ3) is 1.59. The van der Waals surface area contributed by atoms with E-state index in [1.165, 1.54) is 5.01 Å². The van der Waals surface area contributed by atoms with Crippen LogP contribution in [0.1, 0.15) is 12.1 Å². The average Bonchev–Trinajstić information content (AvgIpc) is 2.90. The predicted molar refractivity (Wildman–Crippen MR) is 65.9 cm³/mol.